The van der Waals surface area contributed by atoms with Crippen LogP contribution in [0.4, 0.5) is 4.39 Å². The van der Waals surface area contributed by atoms with Crippen LogP contribution in [0, 0.1) is 5.82 Å². The highest BCUT2D eigenvalue weighted by molar-refractivity contribution is 5.94. The zero-order chi connectivity index (χ0) is 22.9. The Labute approximate surface area is 190 Å². The molecule has 1 aliphatic heterocycles. The van der Waals surface area contributed by atoms with Gasteiger partial charge in [0, 0.05) is 29.8 Å². The van der Waals surface area contributed by atoms with Crippen molar-refractivity contribution in [3.63, 3.8) is 0 Å². The molecule has 0 fully saturated rings. The van der Waals surface area contributed by atoms with Gasteiger partial charge in [0.25, 0.3) is 5.91 Å². The van der Waals surface area contributed by atoms with Gasteiger partial charge >= 0.3 is 0 Å². The number of nitrogens with one attached hydrogen (secondary N) is 1. The number of carbonyl (C=O) groups excluding carboxylic acids is 1. The molecule has 0 atom stereocenters. The monoisotopic (exact) mass is 442 g/mol. The Hall–Kier alpha value is -3.81. The molecule has 0 aliphatic carbocycles. The Morgan fingerprint density at radius 1 is 1.03 bits per heavy atom. The number of nitrogens with zero attached hydrogens (tertiary/aromatic N) is 3. The summed E-state index contributed by atoms with van der Waals surface area (Å²) < 4.78 is 16.6. The maximum Gasteiger partial charge on any atom is 0.274 e. The normalized spacial score (nSPS) is 13.2. The van der Waals surface area contributed by atoms with E-state index in [1.54, 1.807) is 35.8 Å². The Kier molecular flexibility index (Phi) is 5.50. The molecule has 0 bridgehead atoms. The van der Waals surface area contributed by atoms with Gasteiger partial charge in [-0.1, -0.05) is 42.5 Å². The third-order valence-electron chi connectivity index (χ3n) is 5.93. The largest absolute Gasteiger partial charge is 0.296 e. The summed E-state index contributed by atoms with van der Waals surface area (Å²) in [7, 11) is 2.03. The lowest BCUT2D eigenvalue weighted by atomic mass is 10.0. The van der Waals surface area contributed by atoms with Gasteiger partial charge in [-0.3, -0.25) is 19.6 Å². The van der Waals surface area contributed by atoms with E-state index in [0.717, 1.165) is 46.7 Å². The van der Waals surface area contributed by atoms with E-state index in [1.807, 2.05) is 48.1 Å². The molecule has 0 spiro atoms. The lowest BCUT2D eigenvalue weighted by Crippen LogP contribution is -2.18. The fourth-order valence-corrected chi connectivity index (χ4v) is 4.42. The molecule has 1 aliphatic rings. The van der Waals surface area contributed by atoms with Crippen molar-refractivity contribution in [1.82, 2.24) is 20.2 Å². The summed E-state index contributed by atoms with van der Waals surface area (Å²) in [5.74, 6) is -0.817. The average Bonchev–Trinajstić information content (AvgIpc) is 3.34. The molecule has 1 amide bonds. The molecule has 5 rings (SSSR count). The predicted molar refractivity (Wildman–Crippen MR) is 123 cm³/mol. The molecule has 2 N–H and O–H groups in total. The van der Waals surface area contributed by atoms with Crippen LogP contribution in [0.5, 0.6) is 0 Å². The SMILES string of the molecule is CN1Cc2nn(Cc3cccc(-c4cccc(C(=O)NO)c4)c3)c(-c3ccccc3F)c2C1. The molecule has 166 valence electrons. The van der Waals surface area contributed by atoms with Crippen LogP contribution in [0.3, 0.4) is 0 Å². The van der Waals surface area contributed by atoms with Crippen molar-refractivity contribution in [2.24, 2.45) is 0 Å². The topological polar surface area (TPSA) is 70.4 Å². The lowest BCUT2D eigenvalue weighted by molar-refractivity contribution is 0.0706. The van der Waals surface area contributed by atoms with Gasteiger partial charge in [-0.05, 0) is 54.1 Å². The number of amides is 1. The first-order valence-corrected chi connectivity index (χ1v) is 10.7. The minimum absolute atomic E-state index is 0.260. The maximum absolute atomic E-state index is 14.7. The van der Waals surface area contributed by atoms with Gasteiger partial charge in [-0.2, -0.15) is 5.10 Å². The Bertz CT molecular complexity index is 1350. The van der Waals surface area contributed by atoms with Crippen molar-refractivity contribution >= 4 is 5.91 Å². The fraction of sp³-hybridized carbons (Fsp3) is 0.154. The Morgan fingerprint density at radius 3 is 2.58 bits per heavy atom. The molecule has 6 nitrogen and oxygen atoms in total. The number of hydroxylamine groups is 1. The van der Waals surface area contributed by atoms with Gasteiger partial charge in [0.05, 0.1) is 17.9 Å². The van der Waals surface area contributed by atoms with Crippen molar-refractivity contribution in [1.29, 1.82) is 0 Å². The highest BCUT2D eigenvalue weighted by Crippen LogP contribution is 2.34. The van der Waals surface area contributed by atoms with Gasteiger partial charge in [-0.15, -0.1) is 0 Å². The lowest BCUT2D eigenvalue weighted by Gasteiger charge is -2.14. The van der Waals surface area contributed by atoms with Crippen LogP contribution in [0.1, 0.15) is 27.2 Å². The molecular weight excluding hydrogens is 419 g/mol. The van der Waals surface area contributed by atoms with E-state index in [2.05, 4.69) is 4.90 Å². The van der Waals surface area contributed by atoms with E-state index in [1.165, 1.54) is 6.07 Å². The number of hydrogen-bond donors (Lipinski definition) is 2. The zero-order valence-corrected chi connectivity index (χ0v) is 18.1. The first-order chi connectivity index (χ1) is 16.0. The molecule has 7 heteroatoms. The molecular formula is C26H23FN4O2. The van der Waals surface area contributed by atoms with Crippen LogP contribution in [-0.2, 0) is 19.6 Å². The first-order valence-electron chi connectivity index (χ1n) is 10.7. The number of benzene rings is 3. The summed E-state index contributed by atoms with van der Waals surface area (Å²) in [6, 6.07) is 21.9. The van der Waals surface area contributed by atoms with Crippen molar-refractivity contribution in [2.45, 2.75) is 19.6 Å². The first kappa shape index (κ1) is 21.1. The quantitative estimate of drug-likeness (QED) is 0.354. The summed E-state index contributed by atoms with van der Waals surface area (Å²) in [6.45, 7) is 1.97. The standard InChI is InChI=1S/C26H23FN4O2/c1-30-15-22-24(16-30)28-31(25(22)21-10-2-3-11-23(21)27)14-17-6-4-7-18(12-17)19-8-5-9-20(13-19)26(32)29-33/h2-13,33H,14-16H2,1H3,(H,29,32). The average molecular weight is 442 g/mol. The second-order valence-electron chi connectivity index (χ2n) is 8.31. The molecule has 0 saturated carbocycles. The van der Waals surface area contributed by atoms with Crippen LogP contribution in [0.25, 0.3) is 22.4 Å². The van der Waals surface area contributed by atoms with Gasteiger partial charge in [0.1, 0.15) is 5.82 Å². The third-order valence-corrected chi connectivity index (χ3v) is 5.93. The molecule has 0 radical (unpaired) electrons. The Morgan fingerprint density at radius 2 is 1.79 bits per heavy atom. The predicted octanol–water partition coefficient (Wildman–Crippen LogP) is 4.47. The van der Waals surface area contributed by atoms with E-state index >= 15 is 0 Å². The van der Waals surface area contributed by atoms with Crippen LogP contribution in [0.15, 0.2) is 72.8 Å². The maximum atomic E-state index is 14.7. The Balaban J connectivity index is 1.52. The molecule has 0 unspecified atom stereocenters. The van der Waals surface area contributed by atoms with Crippen molar-refractivity contribution in [2.75, 3.05) is 7.05 Å². The number of rotatable bonds is 5. The summed E-state index contributed by atoms with van der Waals surface area (Å²) in [5.41, 5.74) is 8.27. The van der Waals surface area contributed by atoms with Gasteiger partial charge < -0.3 is 0 Å². The highest BCUT2D eigenvalue weighted by atomic mass is 19.1. The summed E-state index contributed by atoms with van der Waals surface area (Å²) in [4.78, 5) is 14.0. The second kappa shape index (κ2) is 8.61. The van der Waals surface area contributed by atoms with Crippen LogP contribution in [-0.4, -0.2) is 32.8 Å². The van der Waals surface area contributed by atoms with E-state index < -0.39 is 5.91 Å². The van der Waals surface area contributed by atoms with Crippen LogP contribution in [0.2, 0.25) is 0 Å². The van der Waals surface area contributed by atoms with E-state index in [9.17, 15) is 9.18 Å². The summed E-state index contributed by atoms with van der Waals surface area (Å²) in [6.07, 6.45) is 0. The summed E-state index contributed by atoms with van der Waals surface area (Å²) in [5, 5.41) is 13.8. The minimum atomic E-state index is -0.557. The van der Waals surface area contributed by atoms with Crippen LogP contribution < -0.4 is 5.48 Å². The van der Waals surface area contributed by atoms with Crippen LogP contribution >= 0.6 is 0 Å². The van der Waals surface area contributed by atoms with Gasteiger partial charge in [0.15, 0.2) is 0 Å². The highest BCUT2D eigenvalue weighted by Gasteiger charge is 2.27. The summed E-state index contributed by atoms with van der Waals surface area (Å²) >= 11 is 0. The molecule has 3 aromatic carbocycles. The molecule has 0 saturated heterocycles. The van der Waals surface area contributed by atoms with Crippen molar-refractivity contribution in [3.05, 3.63) is 101 Å². The molecule has 33 heavy (non-hydrogen) atoms. The number of fused-ring (bicyclic) bond motifs is 1. The smallest absolute Gasteiger partial charge is 0.274 e. The molecule has 1 aromatic heterocycles. The second-order valence-corrected chi connectivity index (χ2v) is 8.31. The van der Waals surface area contributed by atoms with E-state index in [0.29, 0.717) is 17.7 Å². The van der Waals surface area contributed by atoms with E-state index in [-0.39, 0.29) is 5.82 Å². The minimum Gasteiger partial charge on any atom is -0.296 e. The third kappa shape index (κ3) is 4.04. The zero-order valence-electron chi connectivity index (χ0n) is 18.1. The molecule has 2 heterocycles. The number of hydrogen-bond acceptors (Lipinski definition) is 4. The van der Waals surface area contributed by atoms with E-state index in [4.69, 9.17) is 10.3 Å². The van der Waals surface area contributed by atoms with Gasteiger partial charge in [0.2, 0.25) is 0 Å². The number of aromatic nitrogens is 2. The molecule has 4 aromatic rings. The van der Waals surface area contributed by atoms with Gasteiger partial charge in [-0.25, -0.2) is 9.87 Å². The fourth-order valence-electron chi connectivity index (χ4n) is 4.42. The van der Waals surface area contributed by atoms with Crippen molar-refractivity contribution < 1.29 is 14.4 Å². The number of halogens is 1. The number of carbonyl (C=O) groups is 1. The van der Waals surface area contributed by atoms with Crippen molar-refractivity contribution in [3.8, 4) is 22.4 Å².